The zero-order valence-corrected chi connectivity index (χ0v) is 11.7. The third kappa shape index (κ3) is 1.32. The molecule has 2 saturated heterocycles. The fraction of sp³-hybridized carbons (Fsp3) is 1.00. The molecule has 100 valence electrons. The van der Waals surface area contributed by atoms with Gasteiger partial charge in [-0.15, -0.1) is 0 Å². The zero-order valence-electron chi connectivity index (χ0n) is 11.7. The molecule has 5 rings (SSSR count). The van der Waals surface area contributed by atoms with Gasteiger partial charge in [0, 0.05) is 5.94 Å². The lowest BCUT2D eigenvalue weighted by molar-refractivity contribution is -0.199. The lowest BCUT2D eigenvalue weighted by atomic mass is 9.43. The van der Waals surface area contributed by atoms with E-state index in [1.807, 2.05) is 0 Å². The van der Waals surface area contributed by atoms with E-state index in [2.05, 4.69) is 26.1 Å². The van der Waals surface area contributed by atoms with E-state index in [1.54, 1.807) is 0 Å². The summed E-state index contributed by atoms with van der Waals surface area (Å²) in [5.74, 6) is 1.95. The molecule has 3 nitrogen and oxygen atoms in total. The van der Waals surface area contributed by atoms with Crippen LogP contribution in [0.3, 0.4) is 0 Å². The number of nitrogens with one attached hydrogen (secondary N) is 1. The highest BCUT2D eigenvalue weighted by atomic mass is 16.7. The summed E-state index contributed by atoms with van der Waals surface area (Å²) < 4.78 is 12.7. The average Bonchev–Trinajstić information content (AvgIpc) is 2.92. The molecule has 18 heavy (non-hydrogen) atoms. The largest absolute Gasteiger partial charge is 0.475 e. The first-order chi connectivity index (χ1) is 8.52. The van der Waals surface area contributed by atoms with Gasteiger partial charge >= 0.3 is 7.12 Å². The summed E-state index contributed by atoms with van der Waals surface area (Å²) in [6.45, 7) is 8.25. The summed E-state index contributed by atoms with van der Waals surface area (Å²) in [5, 5.41) is 3.52. The lowest BCUT2D eigenvalue weighted by Gasteiger charge is -2.64. The van der Waals surface area contributed by atoms with Gasteiger partial charge in [-0.3, -0.25) is 0 Å². The topological polar surface area (TPSA) is 30.5 Å². The van der Waals surface area contributed by atoms with E-state index in [-0.39, 0.29) is 12.7 Å². The van der Waals surface area contributed by atoms with Gasteiger partial charge in [-0.05, 0) is 56.4 Å². The maximum Gasteiger partial charge on any atom is 0.475 e. The van der Waals surface area contributed by atoms with Gasteiger partial charge in [0.25, 0.3) is 0 Å². The molecule has 5 atom stereocenters. The molecule has 5 aliphatic rings. The fourth-order valence-corrected chi connectivity index (χ4v) is 5.01. The first kappa shape index (κ1) is 11.7. The Bertz CT molecular complexity index is 369. The van der Waals surface area contributed by atoms with Gasteiger partial charge in [0.15, 0.2) is 0 Å². The van der Waals surface area contributed by atoms with Crippen molar-refractivity contribution in [3.63, 3.8) is 0 Å². The molecule has 0 aromatic carbocycles. The molecular formula is C14H24BNO2. The van der Waals surface area contributed by atoms with Gasteiger partial charge < -0.3 is 14.6 Å². The van der Waals surface area contributed by atoms with E-state index >= 15 is 0 Å². The monoisotopic (exact) mass is 249 g/mol. The van der Waals surface area contributed by atoms with Crippen LogP contribution in [-0.2, 0) is 9.31 Å². The Morgan fingerprint density at radius 1 is 1.22 bits per heavy atom. The zero-order chi connectivity index (χ0) is 12.5. The molecule has 0 aromatic heterocycles. The standard InChI is InChI=1S/C14H24BNO2/c1-13(2)9-7-10(13)14(3)11(8-9)17-15(18-14)12-5-4-6-16-12/h9-12,16H,4-8H2,1-3H3/t9-,10-,11+,12+,14-/m1/s1. The number of hydrogen-bond donors (Lipinski definition) is 1. The molecule has 3 saturated carbocycles. The Morgan fingerprint density at radius 2 is 2.06 bits per heavy atom. The van der Waals surface area contributed by atoms with Crippen molar-refractivity contribution >= 4 is 7.12 Å². The van der Waals surface area contributed by atoms with Gasteiger partial charge in [-0.1, -0.05) is 13.8 Å². The fourth-order valence-electron chi connectivity index (χ4n) is 5.01. The van der Waals surface area contributed by atoms with Gasteiger partial charge in [0.1, 0.15) is 0 Å². The van der Waals surface area contributed by atoms with Crippen molar-refractivity contribution in [2.75, 3.05) is 6.54 Å². The van der Waals surface area contributed by atoms with Crippen LogP contribution in [0.2, 0.25) is 0 Å². The van der Waals surface area contributed by atoms with Crippen LogP contribution in [0.5, 0.6) is 0 Å². The van der Waals surface area contributed by atoms with Crippen molar-refractivity contribution in [2.45, 2.75) is 64.1 Å². The summed E-state index contributed by atoms with van der Waals surface area (Å²) in [5.41, 5.74) is 0.416. The minimum Gasteiger partial charge on any atom is -0.404 e. The molecule has 2 bridgehead atoms. The van der Waals surface area contributed by atoms with E-state index in [0.717, 1.165) is 12.5 Å². The third-order valence-corrected chi connectivity index (χ3v) is 6.40. The Kier molecular flexibility index (Phi) is 2.30. The van der Waals surface area contributed by atoms with Crippen molar-refractivity contribution in [1.82, 2.24) is 5.32 Å². The molecule has 0 aromatic rings. The Labute approximate surface area is 110 Å². The summed E-state index contributed by atoms with van der Waals surface area (Å²) in [7, 11) is -0.00218. The second-order valence-corrected chi connectivity index (χ2v) is 7.54. The quantitative estimate of drug-likeness (QED) is 0.721. The maximum absolute atomic E-state index is 6.44. The lowest BCUT2D eigenvalue weighted by Crippen LogP contribution is -2.65. The van der Waals surface area contributed by atoms with Crippen LogP contribution in [0, 0.1) is 17.3 Å². The highest BCUT2D eigenvalue weighted by molar-refractivity contribution is 6.47. The van der Waals surface area contributed by atoms with Crippen LogP contribution in [0.25, 0.3) is 0 Å². The molecule has 0 spiro atoms. The maximum atomic E-state index is 6.44. The van der Waals surface area contributed by atoms with E-state index < -0.39 is 0 Å². The normalized spacial score (nSPS) is 53.2. The van der Waals surface area contributed by atoms with Crippen LogP contribution < -0.4 is 5.32 Å². The Hall–Kier alpha value is -0.0551. The molecule has 2 aliphatic heterocycles. The molecule has 0 unspecified atom stereocenters. The summed E-state index contributed by atoms with van der Waals surface area (Å²) in [6.07, 6.45) is 5.33. The molecule has 0 radical (unpaired) electrons. The Balaban J connectivity index is 1.57. The molecule has 2 heterocycles. The highest BCUT2D eigenvalue weighted by Gasteiger charge is 2.68. The molecule has 0 amide bonds. The third-order valence-electron chi connectivity index (χ3n) is 6.40. The molecule has 4 heteroatoms. The highest BCUT2D eigenvalue weighted by Crippen LogP contribution is 2.65. The smallest absolute Gasteiger partial charge is 0.404 e. The second-order valence-electron chi connectivity index (χ2n) is 7.54. The minimum absolute atomic E-state index is 0.00218. The molecule has 5 fully saturated rings. The number of hydrogen-bond acceptors (Lipinski definition) is 3. The molecule has 1 N–H and O–H groups in total. The van der Waals surface area contributed by atoms with Crippen molar-refractivity contribution < 1.29 is 9.31 Å². The van der Waals surface area contributed by atoms with Gasteiger partial charge in [-0.2, -0.15) is 0 Å². The molecule has 3 aliphatic carbocycles. The number of rotatable bonds is 1. The van der Waals surface area contributed by atoms with E-state index in [1.165, 1.54) is 25.7 Å². The first-order valence-corrected chi connectivity index (χ1v) is 7.58. The average molecular weight is 249 g/mol. The van der Waals surface area contributed by atoms with Crippen LogP contribution in [0.1, 0.15) is 46.5 Å². The predicted molar refractivity (Wildman–Crippen MR) is 71.1 cm³/mol. The van der Waals surface area contributed by atoms with Crippen molar-refractivity contribution in [2.24, 2.45) is 17.3 Å². The van der Waals surface area contributed by atoms with E-state index in [9.17, 15) is 0 Å². The Morgan fingerprint density at radius 3 is 2.72 bits per heavy atom. The van der Waals surface area contributed by atoms with Crippen LogP contribution in [0.4, 0.5) is 0 Å². The van der Waals surface area contributed by atoms with Crippen LogP contribution in [0.15, 0.2) is 0 Å². The van der Waals surface area contributed by atoms with Crippen LogP contribution >= 0.6 is 0 Å². The van der Waals surface area contributed by atoms with E-state index in [0.29, 0.717) is 23.4 Å². The minimum atomic E-state index is -0.0345. The second kappa shape index (κ2) is 3.53. The van der Waals surface area contributed by atoms with E-state index in [4.69, 9.17) is 9.31 Å². The molecular weight excluding hydrogens is 225 g/mol. The van der Waals surface area contributed by atoms with Crippen molar-refractivity contribution in [3.05, 3.63) is 0 Å². The SMILES string of the molecule is CC1(C)[C@H]2C[C@@H]3OB([C@@H]4CCCN4)O[C@]3(C)[C@@H]1C2. The van der Waals surface area contributed by atoms with Crippen LogP contribution in [-0.4, -0.2) is 31.3 Å². The van der Waals surface area contributed by atoms with Gasteiger partial charge in [-0.25, -0.2) is 0 Å². The van der Waals surface area contributed by atoms with Crippen molar-refractivity contribution in [3.8, 4) is 0 Å². The summed E-state index contributed by atoms with van der Waals surface area (Å²) in [4.78, 5) is 0. The predicted octanol–water partition coefficient (Wildman–Crippen LogP) is 2.01. The van der Waals surface area contributed by atoms with Crippen molar-refractivity contribution in [1.29, 1.82) is 0 Å². The van der Waals surface area contributed by atoms with Gasteiger partial charge in [0.2, 0.25) is 0 Å². The van der Waals surface area contributed by atoms with Gasteiger partial charge in [0.05, 0.1) is 11.7 Å². The first-order valence-electron chi connectivity index (χ1n) is 7.58. The summed E-state index contributed by atoms with van der Waals surface area (Å²) in [6, 6.07) is 0. The summed E-state index contributed by atoms with van der Waals surface area (Å²) >= 11 is 0.